The van der Waals surface area contributed by atoms with Crippen LogP contribution in [0.5, 0.6) is 0 Å². The van der Waals surface area contributed by atoms with Gasteiger partial charge in [0.15, 0.2) is 0 Å². The molecule has 12 heavy (non-hydrogen) atoms. The van der Waals surface area contributed by atoms with Gasteiger partial charge in [-0.3, -0.25) is 0 Å². The van der Waals surface area contributed by atoms with Gasteiger partial charge in [0.25, 0.3) is 0 Å². The number of nitrogens with two attached hydrogens (primary N) is 1. The lowest BCUT2D eigenvalue weighted by molar-refractivity contribution is 0.469. The lowest BCUT2D eigenvalue weighted by Crippen LogP contribution is -2.36. The molecule has 2 heteroatoms. The molecule has 0 radical (unpaired) electrons. The Kier molecular flexibility index (Phi) is 4.62. The lowest BCUT2D eigenvalue weighted by Gasteiger charge is -2.15. The summed E-state index contributed by atoms with van der Waals surface area (Å²) in [5, 5.41) is 3.52. The van der Waals surface area contributed by atoms with E-state index >= 15 is 0 Å². The van der Waals surface area contributed by atoms with Crippen LogP contribution in [-0.2, 0) is 0 Å². The van der Waals surface area contributed by atoms with Crippen molar-refractivity contribution >= 4 is 0 Å². The Bertz CT molecular complexity index is 110. The summed E-state index contributed by atoms with van der Waals surface area (Å²) in [5.41, 5.74) is 5.63. The quantitative estimate of drug-likeness (QED) is 0.607. The fourth-order valence-corrected chi connectivity index (χ4v) is 1.55. The van der Waals surface area contributed by atoms with Gasteiger partial charge < -0.3 is 11.1 Å². The number of hydrogen-bond acceptors (Lipinski definition) is 2. The molecule has 0 saturated heterocycles. The molecule has 0 spiro atoms. The maximum atomic E-state index is 5.63. The Morgan fingerprint density at radius 2 is 2.25 bits per heavy atom. The van der Waals surface area contributed by atoms with Crippen molar-refractivity contribution in [2.24, 2.45) is 11.7 Å². The molecule has 72 valence electrons. The molecule has 0 aliphatic heterocycles. The molecule has 1 aliphatic rings. The van der Waals surface area contributed by atoms with E-state index in [4.69, 9.17) is 5.73 Å². The van der Waals surface area contributed by atoms with E-state index < -0.39 is 0 Å². The SMILES string of the molecule is CCCC(CN)NCCC1CC1. The molecule has 0 heterocycles. The molecule has 1 aliphatic carbocycles. The van der Waals surface area contributed by atoms with Crippen molar-refractivity contribution < 1.29 is 0 Å². The van der Waals surface area contributed by atoms with E-state index in [2.05, 4.69) is 12.2 Å². The van der Waals surface area contributed by atoms with E-state index in [1.54, 1.807) is 0 Å². The minimum Gasteiger partial charge on any atom is -0.329 e. The van der Waals surface area contributed by atoms with Crippen LogP contribution in [-0.4, -0.2) is 19.1 Å². The van der Waals surface area contributed by atoms with Crippen molar-refractivity contribution in [1.82, 2.24) is 5.32 Å². The fraction of sp³-hybridized carbons (Fsp3) is 1.00. The Hall–Kier alpha value is -0.0800. The van der Waals surface area contributed by atoms with Gasteiger partial charge in [-0.25, -0.2) is 0 Å². The molecule has 0 aromatic carbocycles. The summed E-state index contributed by atoms with van der Waals surface area (Å²) in [6, 6.07) is 0.564. The van der Waals surface area contributed by atoms with E-state index in [0.29, 0.717) is 6.04 Å². The molecule has 0 amide bonds. The maximum absolute atomic E-state index is 5.63. The minimum atomic E-state index is 0.564. The lowest BCUT2D eigenvalue weighted by atomic mass is 10.1. The van der Waals surface area contributed by atoms with Crippen LogP contribution in [0, 0.1) is 5.92 Å². The van der Waals surface area contributed by atoms with Crippen LogP contribution in [0.2, 0.25) is 0 Å². The van der Waals surface area contributed by atoms with Crippen LogP contribution < -0.4 is 11.1 Å². The van der Waals surface area contributed by atoms with E-state index in [9.17, 15) is 0 Å². The van der Waals surface area contributed by atoms with Gasteiger partial charge >= 0.3 is 0 Å². The normalized spacial score (nSPS) is 19.5. The molecule has 1 atom stereocenters. The monoisotopic (exact) mass is 170 g/mol. The first kappa shape index (κ1) is 10.0. The molecule has 0 aromatic rings. The number of hydrogen-bond donors (Lipinski definition) is 2. The second-order valence-electron chi connectivity index (χ2n) is 3.91. The Balaban J connectivity index is 1.93. The summed E-state index contributed by atoms with van der Waals surface area (Å²) >= 11 is 0. The second kappa shape index (κ2) is 5.55. The molecule has 2 nitrogen and oxygen atoms in total. The van der Waals surface area contributed by atoms with Gasteiger partial charge in [-0.1, -0.05) is 26.2 Å². The van der Waals surface area contributed by atoms with Crippen LogP contribution in [0.25, 0.3) is 0 Å². The average Bonchev–Trinajstić information content (AvgIpc) is 2.87. The molecule has 1 unspecified atom stereocenters. The van der Waals surface area contributed by atoms with Gasteiger partial charge in [0.1, 0.15) is 0 Å². The van der Waals surface area contributed by atoms with Gasteiger partial charge in [-0.2, -0.15) is 0 Å². The van der Waals surface area contributed by atoms with Crippen molar-refractivity contribution in [2.75, 3.05) is 13.1 Å². The zero-order chi connectivity index (χ0) is 8.81. The molecule has 0 aromatic heterocycles. The summed E-state index contributed by atoms with van der Waals surface area (Å²) < 4.78 is 0. The van der Waals surface area contributed by atoms with Crippen molar-refractivity contribution in [1.29, 1.82) is 0 Å². The first-order valence-corrected chi connectivity index (χ1v) is 5.30. The molecule has 3 N–H and O–H groups in total. The van der Waals surface area contributed by atoms with Gasteiger partial charge in [-0.15, -0.1) is 0 Å². The summed E-state index contributed by atoms with van der Waals surface area (Å²) in [6.07, 6.45) is 6.74. The van der Waals surface area contributed by atoms with Gasteiger partial charge in [0.2, 0.25) is 0 Å². The van der Waals surface area contributed by atoms with Crippen LogP contribution in [0.15, 0.2) is 0 Å². The standard InChI is InChI=1S/C10H22N2/c1-2-3-10(8-11)12-7-6-9-4-5-9/h9-10,12H,2-8,11H2,1H3. The third-order valence-corrected chi connectivity index (χ3v) is 2.60. The van der Waals surface area contributed by atoms with E-state index in [0.717, 1.165) is 12.5 Å². The highest BCUT2D eigenvalue weighted by Gasteiger charge is 2.20. The number of nitrogens with one attached hydrogen (secondary N) is 1. The third kappa shape index (κ3) is 4.07. The van der Waals surface area contributed by atoms with E-state index in [1.807, 2.05) is 0 Å². The second-order valence-corrected chi connectivity index (χ2v) is 3.91. The van der Waals surface area contributed by atoms with Crippen LogP contribution in [0.1, 0.15) is 39.0 Å². The molecular formula is C10H22N2. The van der Waals surface area contributed by atoms with Crippen LogP contribution >= 0.6 is 0 Å². The summed E-state index contributed by atoms with van der Waals surface area (Å²) in [4.78, 5) is 0. The predicted octanol–water partition coefficient (Wildman–Crippen LogP) is 1.50. The van der Waals surface area contributed by atoms with Crippen LogP contribution in [0.4, 0.5) is 0 Å². The summed E-state index contributed by atoms with van der Waals surface area (Å²) in [5.74, 6) is 1.04. The Labute approximate surface area is 75.9 Å². The highest BCUT2D eigenvalue weighted by atomic mass is 14.9. The van der Waals surface area contributed by atoms with Crippen molar-refractivity contribution in [3.05, 3.63) is 0 Å². The molecule has 1 saturated carbocycles. The predicted molar refractivity (Wildman–Crippen MR) is 53.1 cm³/mol. The molecular weight excluding hydrogens is 148 g/mol. The maximum Gasteiger partial charge on any atom is 0.0190 e. The average molecular weight is 170 g/mol. The zero-order valence-electron chi connectivity index (χ0n) is 8.18. The largest absolute Gasteiger partial charge is 0.329 e. The zero-order valence-corrected chi connectivity index (χ0v) is 8.18. The van der Waals surface area contributed by atoms with Gasteiger partial charge in [-0.05, 0) is 25.3 Å². The van der Waals surface area contributed by atoms with Crippen LogP contribution in [0.3, 0.4) is 0 Å². The van der Waals surface area contributed by atoms with Crippen molar-refractivity contribution in [2.45, 2.75) is 45.1 Å². The summed E-state index contributed by atoms with van der Waals surface area (Å²) in [7, 11) is 0. The molecule has 0 bridgehead atoms. The Morgan fingerprint density at radius 3 is 2.75 bits per heavy atom. The first-order valence-electron chi connectivity index (χ1n) is 5.30. The first-order chi connectivity index (χ1) is 5.86. The van der Waals surface area contributed by atoms with E-state index in [-0.39, 0.29) is 0 Å². The third-order valence-electron chi connectivity index (χ3n) is 2.60. The molecule has 1 fully saturated rings. The Morgan fingerprint density at radius 1 is 1.50 bits per heavy atom. The topological polar surface area (TPSA) is 38.0 Å². The van der Waals surface area contributed by atoms with Crippen molar-refractivity contribution in [3.8, 4) is 0 Å². The van der Waals surface area contributed by atoms with Gasteiger partial charge in [0, 0.05) is 12.6 Å². The fourth-order valence-electron chi connectivity index (χ4n) is 1.55. The molecule has 1 rings (SSSR count). The summed E-state index contributed by atoms with van der Waals surface area (Å²) in [6.45, 7) is 4.18. The van der Waals surface area contributed by atoms with Gasteiger partial charge in [0.05, 0.1) is 0 Å². The highest BCUT2D eigenvalue weighted by Crippen LogP contribution is 2.31. The smallest absolute Gasteiger partial charge is 0.0190 e. The highest BCUT2D eigenvalue weighted by molar-refractivity contribution is 4.75. The van der Waals surface area contributed by atoms with Crippen molar-refractivity contribution in [3.63, 3.8) is 0 Å². The number of rotatable bonds is 7. The van der Waals surface area contributed by atoms with E-state index in [1.165, 1.54) is 38.6 Å². The minimum absolute atomic E-state index is 0.564.